The first-order valence-electron chi connectivity index (χ1n) is 11.1. The van der Waals surface area contributed by atoms with Gasteiger partial charge in [-0.3, -0.25) is 4.79 Å². The van der Waals surface area contributed by atoms with Crippen LogP contribution in [0.1, 0.15) is 38.3 Å². The molecule has 1 aliphatic rings. The van der Waals surface area contributed by atoms with Crippen molar-refractivity contribution in [3.63, 3.8) is 0 Å². The molecule has 8 heteroatoms. The SMILES string of the molecule is CCN(Cc1cccc2c1OCCO2)C(=O)CCc1ccc(S(=O)(=O)N(CC)CC)cc1. The molecule has 0 fully saturated rings. The monoisotopic (exact) mass is 460 g/mol. The van der Waals surface area contributed by atoms with Crippen LogP contribution in [-0.2, 0) is 27.8 Å². The summed E-state index contributed by atoms with van der Waals surface area (Å²) in [6, 6.07) is 12.6. The number of hydrogen-bond donors (Lipinski definition) is 0. The van der Waals surface area contributed by atoms with Crippen molar-refractivity contribution in [3.8, 4) is 11.5 Å². The van der Waals surface area contributed by atoms with E-state index in [0.717, 1.165) is 22.6 Å². The third-order valence-electron chi connectivity index (χ3n) is 5.64. The molecule has 0 saturated heterocycles. The van der Waals surface area contributed by atoms with Gasteiger partial charge in [-0.15, -0.1) is 0 Å². The second kappa shape index (κ2) is 10.8. The zero-order valence-corrected chi connectivity index (χ0v) is 19.9. The zero-order chi connectivity index (χ0) is 23.1. The van der Waals surface area contributed by atoms with Crippen molar-refractivity contribution in [1.82, 2.24) is 9.21 Å². The van der Waals surface area contributed by atoms with E-state index >= 15 is 0 Å². The van der Waals surface area contributed by atoms with Crippen LogP contribution in [0.5, 0.6) is 11.5 Å². The summed E-state index contributed by atoms with van der Waals surface area (Å²) in [7, 11) is -3.47. The number of carbonyl (C=O) groups is 1. The highest BCUT2D eigenvalue weighted by Gasteiger charge is 2.22. The van der Waals surface area contributed by atoms with Gasteiger partial charge in [0.05, 0.1) is 4.90 Å². The van der Waals surface area contributed by atoms with Crippen LogP contribution >= 0.6 is 0 Å². The number of rotatable bonds is 10. The third-order valence-corrected chi connectivity index (χ3v) is 7.70. The molecule has 1 amide bonds. The van der Waals surface area contributed by atoms with E-state index in [1.807, 2.05) is 39.0 Å². The van der Waals surface area contributed by atoms with Crippen LogP contribution < -0.4 is 9.47 Å². The maximum atomic E-state index is 12.9. The molecule has 0 bridgehead atoms. The minimum atomic E-state index is -3.47. The Labute approximate surface area is 191 Å². The molecule has 174 valence electrons. The molecule has 3 rings (SSSR count). The van der Waals surface area contributed by atoms with Crippen molar-refractivity contribution in [2.24, 2.45) is 0 Å². The van der Waals surface area contributed by atoms with Crippen LogP contribution in [0.2, 0.25) is 0 Å². The van der Waals surface area contributed by atoms with Crippen LogP contribution in [-0.4, -0.2) is 56.4 Å². The zero-order valence-electron chi connectivity index (χ0n) is 19.0. The van der Waals surface area contributed by atoms with Crippen molar-refractivity contribution in [2.75, 3.05) is 32.8 Å². The maximum absolute atomic E-state index is 12.9. The Balaban J connectivity index is 1.62. The van der Waals surface area contributed by atoms with Gasteiger partial charge in [0, 0.05) is 38.2 Å². The van der Waals surface area contributed by atoms with Crippen molar-refractivity contribution < 1.29 is 22.7 Å². The molecule has 2 aromatic rings. The largest absolute Gasteiger partial charge is 0.486 e. The molecule has 0 aromatic heterocycles. The molecular formula is C24H32N2O5S. The Morgan fingerprint density at radius 2 is 1.62 bits per heavy atom. The topological polar surface area (TPSA) is 76.1 Å². The first-order valence-corrected chi connectivity index (χ1v) is 12.6. The Hall–Kier alpha value is -2.58. The number of nitrogens with zero attached hydrogens (tertiary/aromatic N) is 2. The van der Waals surface area contributed by atoms with Crippen LogP contribution in [0, 0.1) is 0 Å². The molecule has 32 heavy (non-hydrogen) atoms. The first kappa shape index (κ1) is 24.1. The van der Waals surface area contributed by atoms with Crippen LogP contribution in [0.3, 0.4) is 0 Å². The number of benzene rings is 2. The summed E-state index contributed by atoms with van der Waals surface area (Å²) in [4.78, 5) is 14.9. The summed E-state index contributed by atoms with van der Waals surface area (Å²) in [6.07, 6.45) is 0.899. The fourth-order valence-corrected chi connectivity index (χ4v) is 5.25. The Kier molecular flexibility index (Phi) is 8.15. The molecule has 0 unspecified atom stereocenters. The quantitative estimate of drug-likeness (QED) is 0.543. The Bertz CT molecular complexity index is 1020. The van der Waals surface area contributed by atoms with E-state index in [-0.39, 0.29) is 10.8 Å². The molecule has 7 nitrogen and oxygen atoms in total. The first-order chi connectivity index (χ1) is 15.4. The molecule has 0 N–H and O–H groups in total. The predicted octanol–water partition coefficient (Wildman–Crippen LogP) is 3.47. The summed E-state index contributed by atoms with van der Waals surface area (Å²) in [5.74, 6) is 1.48. The van der Waals surface area contributed by atoms with Crippen molar-refractivity contribution >= 4 is 15.9 Å². The number of para-hydroxylation sites is 1. The Morgan fingerprint density at radius 3 is 2.28 bits per heavy atom. The van der Waals surface area contributed by atoms with E-state index in [1.165, 1.54) is 4.31 Å². The molecule has 0 saturated carbocycles. The number of fused-ring (bicyclic) bond motifs is 1. The lowest BCUT2D eigenvalue weighted by atomic mass is 10.1. The van der Waals surface area contributed by atoms with Gasteiger partial charge in [0.15, 0.2) is 11.5 Å². The molecule has 1 heterocycles. The van der Waals surface area contributed by atoms with Crippen molar-refractivity contribution in [2.45, 2.75) is 45.1 Å². The standard InChI is InChI=1S/C24H32N2O5S/c1-4-25(18-20-8-7-9-22-24(20)31-17-16-30-22)23(27)15-12-19-10-13-21(14-11-19)32(28,29)26(5-2)6-3/h7-11,13-14H,4-6,12,15-18H2,1-3H3. The fourth-order valence-electron chi connectivity index (χ4n) is 3.79. The van der Waals surface area contributed by atoms with Gasteiger partial charge in [-0.2, -0.15) is 4.31 Å². The number of amides is 1. The lowest BCUT2D eigenvalue weighted by Crippen LogP contribution is -2.31. The van der Waals surface area contributed by atoms with Gasteiger partial charge in [0.1, 0.15) is 13.2 Å². The molecule has 0 atom stereocenters. The summed E-state index contributed by atoms with van der Waals surface area (Å²) in [6.45, 7) is 8.56. The maximum Gasteiger partial charge on any atom is 0.243 e. The van der Waals surface area contributed by atoms with Gasteiger partial charge in [-0.25, -0.2) is 8.42 Å². The van der Waals surface area contributed by atoms with E-state index in [0.29, 0.717) is 52.2 Å². The summed E-state index contributed by atoms with van der Waals surface area (Å²) in [5.41, 5.74) is 1.87. The lowest BCUT2D eigenvalue weighted by molar-refractivity contribution is -0.131. The van der Waals surface area contributed by atoms with Gasteiger partial charge < -0.3 is 14.4 Å². The minimum Gasteiger partial charge on any atom is -0.486 e. The minimum absolute atomic E-state index is 0.0432. The van der Waals surface area contributed by atoms with Gasteiger partial charge >= 0.3 is 0 Å². The van der Waals surface area contributed by atoms with Crippen LogP contribution in [0.25, 0.3) is 0 Å². The van der Waals surface area contributed by atoms with E-state index in [9.17, 15) is 13.2 Å². The van der Waals surface area contributed by atoms with Gasteiger partial charge in [-0.1, -0.05) is 38.1 Å². The van der Waals surface area contributed by atoms with E-state index in [1.54, 1.807) is 29.2 Å². The van der Waals surface area contributed by atoms with Crippen LogP contribution in [0.4, 0.5) is 0 Å². The molecule has 1 aliphatic heterocycles. The van der Waals surface area contributed by atoms with Crippen LogP contribution in [0.15, 0.2) is 47.4 Å². The second-order valence-corrected chi connectivity index (χ2v) is 9.52. The molecule has 2 aromatic carbocycles. The average Bonchev–Trinajstić information content (AvgIpc) is 2.82. The highest BCUT2D eigenvalue weighted by Crippen LogP contribution is 2.34. The summed E-state index contributed by atoms with van der Waals surface area (Å²) < 4.78 is 38.1. The van der Waals surface area contributed by atoms with Gasteiger partial charge in [-0.05, 0) is 37.1 Å². The lowest BCUT2D eigenvalue weighted by Gasteiger charge is -2.25. The number of ether oxygens (including phenoxy) is 2. The normalized spacial score (nSPS) is 13.2. The summed E-state index contributed by atoms with van der Waals surface area (Å²) >= 11 is 0. The average molecular weight is 461 g/mol. The highest BCUT2D eigenvalue weighted by molar-refractivity contribution is 7.89. The molecule has 0 radical (unpaired) electrons. The van der Waals surface area contributed by atoms with E-state index < -0.39 is 10.0 Å². The third kappa shape index (κ3) is 5.42. The van der Waals surface area contributed by atoms with E-state index in [2.05, 4.69) is 0 Å². The molecular weight excluding hydrogens is 428 g/mol. The highest BCUT2D eigenvalue weighted by atomic mass is 32.2. The van der Waals surface area contributed by atoms with Crippen molar-refractivity contribution in [1.29, 1.82) is 0 Å². The fraction of sp³-hybridized carbons (Fsp3) is 0.458. The Morgan fingerprint density at radius 1 is 0.938 bits per heavy atom. The summed E-state index contributed by atoms with van der Waals surface area (Å²) in [5, 5.41) is 0. The second-order valence-electron chi connectivity index (χ2n) is 7.58. The van der Waals surface area contributed by atoms with Crippen molar-refractivity contribution in [3.05, 3.63) is 53.6 Å². The number of aryl methyl sites for hydroxylation is 1. The number of sulfonamides is 1. The van der Waals surface area contributed by atoms with Gasteiger partial charge in [0.2, 0.25) is 15.9 Å². The van der Waals surface area contributed by atoms with Gasteiger partial charge in [0.25, 0.3) is 0 Å². The predicted molar refractivity (Wildman–Crippen MR) is 123 cm³/mol. The molecule has 0 aliphatic carbocycles. The number of hydrogen-bond acceptors (Lipinski definition) is 5. The number of carbonyl (C=O) groups excluding carboxylic acids is 1. The molecule has 0 spiro atoms. The smallest absolute Gasteiger partial charge is 0.243 e. The van der Waals surface area contributed by atoms with E-state index in [4.69, 9.17) is 9.47 Å².